The second-order valence-corrected chi connectivity index (χ2v) is 4.31. The zero-order valence-corrected chi connectivity index (χ0v) is 11.0. The monoisotopic (exact) mass is 254 g/mol. The molecule has 6 nitrogen and oxygen atoms in total. The number of nitrogens with one attached hydrogen (secondary N) is 1. The predicted octanol–water partition coefficient (Wildman–Crippen LogP) is 0.993. The summed E-state index contributed by atoms with van der Waals surface area (Å²) in [7, 11) is 0. The number of hydrogen-bond donors (Lipinski definition) is 3. The van der Waals surface area contributed by atoms with E-state index in [1.807, 2.05) is 13.8 Å². The van der Waals surface area contributed by atoms with Crippen LogP contribution in [0.3, 0.4) is 0 Å². The van der Waals surface area contributed by atoms with Gasteiger partial charge in [0.25, 0.3) is 0 Å². The molecule has 1 heterocycles. The van der Waals surface area contributed by atoms with Gasteiger partial charge in [0.05, 0.1) is 13.2 Å². The van der Waals surface area contributed by atoms with Crippen molar-refractivity contribution >= 4 is 11.6 Å². The number of rotatable bonds is 8. The van der Waals surface area contributed by atoms with Crippen LogP contribution in [0.2, 0.25) is 0 Å². The maximum absolute atomic E-state index is 8.54. The Bertz CT molecular complexity index is 358. The molecule has 0 aliphatic carbocycles. The fourth-order valence-corrected chi connectivity index (χ4v) is 1.39. The number of aliphatic hydroxyl groups excluding tert-OH is 1. The van der Waals surface area contributed by atoms with E-state index in [9.17, 15) is 0 Å². The lowest BCUT2D eigenvalue weighted by molar-refractivity contribution is 0.0922. The summed E-state index contributed by atoms with van der Waals surface area (Å²) in [6.45, 7) is 5.87. The largest absolute Gasteiger partial charge is 0.394 e. The topological polar surface area (TPSA) is 93.3 Å². The van der Waals surface area contributed by atoms with Crippen molar-refractivity contribution in [2.45, 2.75) is 26.2 Å². The van der Waals surface area contributed by atoms with Crippen molar-refractivity contribution in [2.75, 3.05) is 37.4 Å². The summed E-state index contributed by atoms with van der Waals surface area (Å²) >= 11 is 0. The van der Waals surface area contributed by atoms with E-state index in [0.29, 0.717) is 19.0 Å². The molecule has 0 unspecified atom stereocenters. The third-order valence-electron chi connectivity index (χ3n) is 2.29. The van der Waals surface area contributed by atoms with Crippen molar-refractivity contribution in [2.24, 2.45) is 0 Å². The zero-order chi connectivity index (χ0) is 13.4. The lowest BCUT2D eigenvalue weighted by Gasteiger charge is -2.10. The van der Waals surface area contributed by atoms with E-state index in [2.05, 4.69) is 15.3 Å². The summed E-state index contributed by atoms with van der Waals surface area (Å²) < 4.78 is 5.16. The average Bonchev–Trinajstić information content (AvgIpc) is 2.33. The first-order chi connectivity index (χ1) is 8.63. The molecule has 0 radical (unpaired) electrons. The van der Waals surface area contributed by atoms with Crippen LogP contribution in [0.5, 0.6) is 0 Å². The average molecular weight is 254 g/mol. The van der Waals surface area contributed by atoms with Crippen LogP contribution in [-0.4, -0.2) is 41.4 Å². The first-order valence-corrected chi connectivity index (χ1v) is 6.20. The van der Waals surface area contributed by atoms with Crippen LogP contribution in [0.25, 0.3) is 0 Å². The van der Waals surface area contributed by atoms with Gasteiger partial charge < -0.3 is 20.9 Å². The number of anilines is 2. The molecule has 0 fully saturated rings. The minimum atomic E-state index is 0.0631. The van der Waals surface area contributed by atoms with Gasteiger partial charge >= 0.3 is 0 Å². The van der Waals surface area contributed by atoms with Crippen LogP contribution < -0.4 is 11.1 Å². The van der Waals surface area contributed by atoms with Crippen molar-refractivity contribution in [3.8, 4) is 0 Å². The van der Waals surface area contributed by atoms with Gasteiger partial charge in [-0.3, -0.25) is 0 Å². The molecule has 0 saturated heterocycles. The number of nitrogens with zero attached hydrogens (tertiary/aromatic N) is 2. The molecular formula is C12H22N4O2. The quantitative estimate of drug-likeness (QED) is 0.599. The van der Waals surface area contributed by atoms with Crippen LogP contribution in [0.4, 0.5) is 11.6 Å². The molecule has 4 N–H and O–H groups in total. The van der Waals surface area contributed by atoms with Crippen LogP contribution >= 0.6 is 0 Å². The SMILES string of the molecule is CC(C)c1nc(N)cc(NCCCOCCO)n1. The van der Waals surface area contributed by atoms with E-state index in [1.54, 1.807) is 6.07 Å². The summed E-state index contributed by atoms with van der Waals surface area (Å²) in [6.07, 6.45) is 0.848. The second kappa shape index (κ2) is 7.84. The molecule has 0 aromatic carbocycles. The minimum absolute atomic E-state index is 0.0631. The summed E-state index contributed by atoms with van der Waals surface area (Å²) in [6, 6.07) is 1.72. The Morgan fingerprint density at radius 2 is 2.17 bits per heavy atom. The van der Waals surface area contributed by atoms with Crippen LogP contribution in [0.15, 0.2) is 6.07 Å². The van der Waals surface area contributed by atoms with Crippen LogP contribution in [0.1, 0.15) is 32.0 Å². The summed E-state index contributed by atoms with van der Waals surface area (Å²) in [5, 5.41) is 11.7. The van der Waals surface area contributed by atoms with E-state index >= 15 is 0 Å². The third kappa shape index (κ3) is 5.29. The molecule has 1 rings (SSSR count). The molecule has 6 heteroatoms. The molecule has 0 spiro atoms. The van der Waals surface area contributed by atoms with E-state index < -0.39 is 0 Å². The van der Waals surface area contributed by atoms with Gasteiger partial charge in [-0.05, 0) is 6.42 Å². The van der Waals surface area contributed by atoms with Crippen molar-refractivity contribution in [3.05, 3.63) is 11.9 Å². The normalized spacial score (nSPS) is 10.9. The Labute approximate surface area is 108 Å². The van der Waals surface area contributed by atoms with Gasteiger partial charge in [-0.1, -0.05) is 13.8 Å². The van der Waals surface area contributed by atoms with Gasteiger partial charge in [0.1, 0.15) is 17.5 Å². The van der Waals surface area contributed by atoms with Crippen molar-refractivity contribution < 1.29 is 9.84 Å². The van der Waals surface area contributed by atoms with Gasteiger partial charge in [-0.2, -0.15) is 0 Å². The number of hydrogen-bond acceptors (Lipinski definition) is 6. The molecule has 0 atom stereocenters. The van der Waals surface area contributed by atoms with Gasteiger partial charge in [-0.15, -0.1) is 0 Å². The van der Waals surface area contributed by atoms with Gasteiger partial charge in [0, 0.05) is 25.1 Å². The van der Waals surface area contributed by atoms with Gasteiger partial charge in [0.15, 0.2) is 0 Å². The first-order valence-electron chi connectivity index (χ1n) is 6.20. The molecule has 0 saturated carbocycles. The highest BCUT2D eigenvalue weighted by molar-refractivity contribution is 5.44. The Kier molecular flexibility index (Phi) is 6.38. The minimum Gasteiger partial charge on any atom is -0.394 e. The Balaban J connectivity index is 2.37. The number of nitrogens with two attached hydrogens (primary N) is 1. The fraction of sp³-hybridized carbons (Fsp3) is 0.667. The van der Waals surface area contributed by atoms with Crippen LogP contribution in [0, 0.1) is 0 Å². The summed E-state index contributed by atoms with van der Waals surface area (Å²) in [5.41, 5.74) is 5.72. The highest BCUT2D eigenvalue weighted by atomic mass is 16.5. The van der Waals surface area contributed by atoms with Crippen molar-refractivity contribution in [1.29, 1.82) is 0 Å². The number of aromatic nitrogens is 2. The van der Waals surface area contributed by atoms with Crippen molar-refractivity contribution in [3.63, 3.8) is 0 Å². The fourth-order valence-electron chi connectivity index (χ4n) is 1.39. The van der Waals surface area contributed by atoms with E-state index in [-0.39, 0.29) is 12.5 Å². The zero-order valence-electron chi connectivity index (χ0n) is 11.0. The molecule has 1 aromatic rings. The molecule has 0 aliphatic rings. The molecule has 1 aromatic heterocycles. The van der Waals surface area contributed by atoms with Crippen LogP contribution in [-0.2, 0) is 4.74 Å². The van der Waals surface area contributed by atoms with Gasteiger partial charge in [-0.25, -0.2) is 9.97 Å². The predicted molar refractivity (Wildman–Crippen MR) is 71.5 cm³/mol. The van der Waals surface area contributed by atoms with E-state index in [1.165, 1.54) is 0 Å². The first kappa shape index (κ1) is 14.7. The standard InChI is InChI=1S/C12H22N4O2/c1-9(2)12-15-10(13)8-11(16-12)14-4-3-6-18-7-5-17/h8-9,17H,3-7H2,1-2H3,(H3,13,14,15,16). The Morgan fingerprint density at radius 1 is 1.39 bits per heavy atom. The van der Waals surface area contributed by atoms with E-state index in [4.69, 9.17) is 15.6 Å². The Hall–Kier alpha value is -1.40. The smallest absolute Gasteiger partial charge is 0.135 e. The number of ether oxygens (including phenoxy) is 1. The Morgan fingerprint density at radius 3 is 2.83 bits per heavy atom. The van der Waals surface area contributed by atoms with Gasteiger partial charge in [0.2, 0.25) is 0 Å². The lowest BCUT2D eigenvalue weighted by atomic mass is 10.2. The third-order valence-corrected chi connectivity index (χ3v) is 2.29. The highest BCUT2D eigenvalue weighted by Crippen LogP contribution is 2.14. The summed E-state index contributed by atoms with van der Waals surface area (Å²) in [5.74, 6) is 2.22. The number of nitrogen functional groups attached to an aromatic ring is 1. The molecule has 102 valence electrons. The maximum atomic E-state index is 8.54. The highest BCUT2D eigenvalue weighted by Gasteiger charge is 2.05. The lowest BCUT2D eigenvalue weighted by Crippen LogP contribution is -2.11. The van der Waals surface area contributed by atoms with Crippen molar-refractivity contribution in [1.82, 2.24) is 9.97 Å². The molecule has 0 aliphatic heterocycles. The molecule has 0 amide bonds. The number of aliphatic hydroxyl groups is 1. The second-order valence-electron chi connectivity index (χ2n) is 4.31. The molecule has 18 heavy (non-hydrogen) atoms. The molecule has 0 bridgehead atoms. The van der Waals surface area contributed by atoms with E-state index in [0.717, 1.165) is 24.6 Å². The maximum Gasteiger partial charge on any atom is 0.135 e. The molecular weight excluding hydrogens is 232 g/mol. The summed E-state index contributed by atoms with van der Waals surface area (Å²) in [4.78, 5) is 8.56.